The third-order valence-corrected chi connectivity index (χ3v) is 4.50. The van der Waals surface area contributed by atoms with Crippen LogP contribution in [0.2, 0.25) is 5.54 Å². The van der Waals surface area contributed by atoms with Crippen LogP contribution in [0.15, 0.2) is 0 Å². The molecule has 0 atom stereocenters. The molecule has 1 rings (SSSR count). The zero-order chi connectivity index (χ0) is 5.82. The van der Waals surface area contributed by atoms with Crippen molar-refractivity contribution in [3.8, 4) is 0 Å². The molecular formula is C5H14OSi2. The molecule has 0 heterocycles. The van der Waals surface area contributed by atoms with E-state index in [0.717, 1.165) is 16.0 Å². The molecule has 3 heteroatoms. The summed E-state index contributed by atoms with van der Waals surface area (Å²) in [5.41, 5.74) is 1.06. The van der Waals surface area contributed by atoms with Crippen molar-refractivity contribution in [3.63, 3.8) is 0 Å². The van der Waals surface area contributed by atoms with Gasteiger partial charge in [0.25, 0.3) is 0 Å². The van der Waals surface area contributed by atoms with Crippen LogP contribution in [0.5, 0.6) is 0 Å². The van der Waals surface area contributed by atoms with E-state index in [-0.39, 0.29) is 9.76 Å². The average Bonchev–Trinajstić information content (AvgIpc) is 2.19. The van der Waals surface area contributed by atoms with E-state index < -0.39 is 0 Å². The molecule has 0 spiro atoms. The van der Waals surface area contributed by atoms with Gasteiger partial charge in [-0.15, -0.1) is 0 Å². The zero-order valence-corrected chi connectivity index (χ0v) is 8.94. The minimum Gasteiger partial charge on any atom is -0.468 e. The SMILES string of the molecule is [SiH3]O[SiH2]C1CCCC1. The van der Waals surface area contributed by atoms with Crippen molar-refractivity contribution in [2.45, 2.75) is 31.2 Å². The molecule has 0 saturated heterocycles. The highest BCUT2D eigenvalue weighted by Gasteiger charge is 2.13. The van der Waals surface area contributed by atoms with Crippen LogP contribution in [0.4, 0.5) is 0 Å². The molecule has 1 aliphatic carbocycles. The zero-order valence-electron chi connectivity index (χ0n) is 5.52. The van der Waals surface area contributed by atoms with E-state index in [1.54, 1.807) is 0 Å². The van der Waals surface area contributed by atoms with Crippen LogP contribution in [0.1, 0.15) is 25.7 Å². The van der Waals surface area contributed by atoms with E-state index in [2.05, 4.69) is 0 Å². The lowest BCUT2D eigenvalue weighted by atomic mass is 10.4. The second kappa shape index (κ2) is 3.43. The molecule has 0 aromatic carbocycles. The molecule has 0 radical (unpaired) electrons. The lowest BCUT2D eigenvalue weighted by Gasteiger charge is -2.03. The van der Waals surface area contributed by atoms with Gasteiger partial charge in [0.05, 0.1) is 0 Å². The van der Waals surface area contributed by atoms with Gasteiger partial charge in [0.15, 0.2) is 0 Å². The monoisotopic (exact) mass is 146 g/mol. The molecule has 8 heavy (non-hydrogen) atoms. The van der Waals surface area contributed by atoms with Crippen molar-refractivity contribution in [3.05, 3.63) is 0 Å². The largest absolute Gasteiger partial charge is 0.468 e. The summed E-state index contributed by atoms with van der Waals surface area (Å²) in [6.45, 7) is 0. The first-order valence-electron chi connectivity index (χ1n) is 3.42. The van der Waals surface area contributed by atoms with Crippen molar-refractivity contribution in [1.29, 1.82) is 0 Å². The van der Waals surface area contributed by atoms with Crippen molar-refractivity contribution in [2.75, 3.05) is 0 Å². The highest BCUT2D eigenvalue weighted by atomic mass is 28.3. The molecule has 0 aromatic rings. The van der Waals surface area contributed by atoms with Gasteiger partial charge in [-0.1, -0.05) is 25.7 Å². The number of rotatable bonds is 2. The molecule has 1 fully saturated rings. The Morgan fingerprint density at radius 2 is 2.00 bits per heavy atom. The molecule has 0 amide bonds. The molecule has 0 aromatic heterocycles. The third-order valence-electron chi connectivity index (χ3n) is 1.88. The van der Waals surface area contributed by atoms with Gasteiger partial charge in [0.2, 0.25) is 0 Å². The lowest BCUT2D eigenvalue weighted by Crippen LogP contribution is -2.01. The first kappa shape index (κ1) is 6.51. The molecule has 48 valence electrons. The normalized spacial score (nSPS) is 24.0. The Balaban J connectivity index is 2.06. The highest BCUT2D eigenvalue weighted by Crippen LogP contribution is 2.28. The maximum Gasteiger partial charge on any atom is 0.148 e. The fourth-order valence-electron chi connectivity index (χ4n) is 1.41. The van der Waals surface area contributed by atoms with Crippen LogP contribution >= 0.6 is 0 Å². The summed E-state index contributed by atoms with van der Waals surface area (Å²) in [5.74, 6) is 0. The summed E-state index contributed by atoms with van der Waals surface area (Å²) < 4.78 is 5.30. The van der Waals surface area contributed by atoms with Crippen molar-refractivity contribution < 1.29 is 4.12 Å². The van der Waals surface area contributed by atoms with Gasteiger partial charge in [0, 0.05) is 0 Å². The minimum atomic E-state index is -0.0401. The van der Waals surface area contributed by atoms with Gasteiger partial charge in [-0.3, -0.25) is 0 Å². The van der Waals surface area contributed by atoms with E-state index in [1.807, 2.05) is 0 Å². The molecule has 0 unspecified atom stereocenters. The van der Waals surface area contributed by atoms with Crippen LogP contribution in [0.25, 0.3) is 0 Å². The molecule has 1 aliphatic rings. The average molecular weight is 146 g/mol. The summed E-state index contributed by atoms with van der Waals surface area (Å²) in [4.78, 5) is 0. The van der Waals surface area contributed by atoms with E-state index >= 15 is 0 Å². The van der Waals surface area contributed by atoms with Crippen LogP contribution in [0.3, 0.4) is 0 Å². The van der Waals surface area contributed by atoms with Crippen LogP contribution < -0.4 is 0 Å². The van der Waals surface area contributed by atoms with E-state index in [0.29, 0.717) is 0 Å². The summed E-state index contributed by atoms with van der Waals surface area (Å²) in [5, 5.41) is 0. The first-order valence-corrected chi connectivity index (χ1v) is 5.63. The summed E-state index contributed by atoms with van der Waals surface area (Å²) >= 11 is 0. The molecule has 1 saturated carbocycles. The Hall–Kier alpha value is 0.394. The van der Waals surface area contributed by atoms with Crippen LogP contribution in [-0.2, 0) is 4.12 Å². The molecule has 1 nitrogen and oxygen atoms in total. The van der Waals surface area contributed by atoms with Crippen molar-refractivity contribution in [1.82, 2.24) is 0 Å². The Bertz CT molecular complexity index is 61.4. The summed E-state index contributed by atoms with van der Waals surface area (Å²) in [6, 6.07) is 0. The van der Waals surface area contributed by atoms with E-state index in [1.165, 1.54) is 25.7 Å². The van der Waals surface area contributed by atoms with Crippen LogP contribution in [-0.4, -0.2) is 20.2 Å². The van der Waals surface area contributed by atoms with Crippen molar-refractivity contribution in [2.24, 2.45) is 0 Å². The quantitative estimate of drug-likeness (QED) is 0.487. The second-order valence-electron chi connectivity index (χ2n) is 2.61. The Morgan fingerprint density at radius 3 is 2.50 bits per heavy atom. The predicted octanol–water partition coefficient (Wildman–Crippen LogP) is -0.270. The van der Waals surface area contributed by atoms with Gasteiger partial charge >= 0.3 is 0 Å². The van der Waals surface area contributed by atoms with Gasteiger partial charge < -0.3 is 4.12 Å². The second-order valence-corrected chi connectivity index (χ2v) is 6.40. The van der Waals surface area contributed by atoms with E-state index in [4.69, 9.17) is 4.12 Å². The van der Waals surface area contributed by atoms with Crippen molar-refractivity contribution >= 4 is 20.2 Å². The van der Waals surface area contributed by atoms with Gasteiger partial charge in [-0.25, -0.2) is 0 Å². The molecular weight excluding hydrogens is 132 g/mol. The fraction of sp³-hybridized carbons (Fsp3) is 1.00. The minimum absolute atomic E-state index is 0.0401. The third kappa shape index (κ3) is 1.72. The smallest absolute Gasteiger partial charge is 0.148 e. The number of hydrogen-bond donors (Lipinski definition) is 0. The fourth-order valence-corrected chi connectivity index (χ4v) is 4.21. The van der Waals surface area contributed by atoms with Gasteiger partial charge in [0.1, 0.15) is 20.2 Å². The van der Waals surface area contributed by atoms with Crippen LogP contribution in [0, 0.1) is 0 Å². The topological polar surface area (TPSA) is 9.23 Å². The van der Waals surface area contributed by atoms with Gasteiger partial charge in [-0.2, -0.15) is 0 Å². The first-order chi connectivity index (χ1) is 3.93. The molecule has 0 aliphatic heterocycles. The lowest BCUT2D eigenvalue weighted by molar-refractivity contribution is 0.628. The molecule has 0 bridgehead atoms. The van der Waals surface area contributed by atoms with Gasteiger partial charge in [-0.05, 0) is 5.54 Å². The van der Waals surface area contributed by atoms with E-state index in [9.17, 15) is 0 Å². The highest BCUT2D eigenvalue weighted by molar-refractivity contribution is 6.36. The summed E-state index contributed by atoms with van der Waals surface area (Å²) in [6.07, 6.45) is 5.91. The predicted molar refractivity (Wildman–Crippen MR) is 41.8 cm³/mol. The maximum absolute atomic E-state index is 5.30. The number of hydrogen-bond acceptors (Lipinski definition) is 1. The standard InChI is InChI=1S/C5H14OSi2/c7-6-8-5-3-1-2-4-5/h5H,1-4,8H2,7H3. The maximum atomic E-state index is 5.30. The molecule has 0 N–H and O–H groups in total. The Morgan fingerprint density at radius 1 is 1.38 bits per heavy atom. The Labute approximate surface area is 56.3 Å². The summed E-state index contributed by atoms with van der Waals surface area (Å²) in [7, 11) is 0.945. The Kier molecular flexibility index (Phi) is 2.79.